The summed E-state index contributed by atoms with van der Waals surface area (Å²) in [4.78, 5) is 8.24. The van der Waals surface area contributed by atoms with Gasteiger partial charge in [-0.25, -0.2) is 4.98 Å². The summed E-state index contributed by atoms with van der Waals surface area (Å²) in [6, 6.07) is 6.34. The molecule has 0 aliphatic carbocycles. The Bertz CT molecular complexity index is 838. The number of rotatable bonds is 3. The topological polar surface area (TPSA) is 37.8 Å². The van der Waals surface area contributed by atoms with Gasteiger partial charge in [-0.3, -0.25) is 4.90 Å². The first-order valence-corrected chi connectivity index (χ1v) is 9.36. The fourth-order valence-corrected chi connectivity index (χ4v) is 3.68. The molecule has 0 radical (unpaired) electrons. The lowest BCUT2D eigenvalue weighted by Crippen LogP contribution is -2.46. The largest absolute Gasteiger partial charge is 0.486 e. The van der Waals surface area contributed by atoms with Gasteiger partial charge >= 0.3 is 6.18 Å². The molecule has 150 valence electrons. The van der Waals surface area contributed by atoms with E-state index in [-0.39, 0.29) is 0 Å². The van der Waals surface area contributed by atoms with Crippen molar-refractivity contribution >= 4 is 17.4 Å². The van der Waals surface area contributed by atoms with Crippen LogP contribution in [0, 0.1) is 0 Å². The number of hydrogen-bond acceptors (Lipinski definition) is 5. The normalized spacial score (nSPS) is 17.6. The summed E-state index contributed by atoms with van der Waals surface area (Å²) in [7, 11) is 0. The molecule has 28 heavy (non-hydrogen) atoms. The third kappa shape index (κ3) is 4.12. The lowest BCUT2D eigenvalue weighted by Gasteiger charge is -2.35. The Morgan fingerprint density at radius 1 is 1.04 bits per heavy atom. The molecule has 1 saturated heterocycles. The molecule has 1 aromatic heterocycles. The van der Waals surface area contributed by atoms with Crippen LogP contribution < -0.4 is 14.4 Å². The molecule has 0 amide bonds. The molecule has 2 aliphatic rings. The van der Waals surface area contributed by atoms with Crippen molar-refractivity contribution < 1.29 is 22.6 Å². The highest BCUT2D eigenvalue weighted by atomic mass is 35.5. The van der Waals surface area contributed by atoms with E-state index in [2.05, 4.69) is 9.88 Å². The third-order valence-corrected chi connectivity index (χ3v) is 5.12. The van der Waals surface area contributed by atoms with Crippen molar-refractivity contribution in [2.24, 2.45) is 0 Å². The second-order valence-corrected chi connectivity index (χ2v) is 7.18. The van der Waals surface area contributed by atoms with E-state index < -0.39 is 11.7 Å². The van der Waals surface area contributed by atoms with Crippen LogP contribution in [0.4, 0.5) is 19.0 Å². The number of anilines is 1. The summed E-state index contributed by atoms with van der Waals surface area (Å²) >= 11 is 6.29. The Morgan fingerprint density at radius 2 is 1.79 bits per heavy atom. The second kappa shape index (κ2) is 7.67. The zero-order valence-corrected chi connectivity index (χ0v) is 15.8. The molecule has 0 bridgehead atoms. The van der Waals surface area contributed by atoms with Gasteiger partial charge in [0.1, 0.15) is 19.0 Å². The van der Waals surface area contributed by atoms with Gasteiger partial charge in [-0.2, -0.15) is 13.2 Å². The van der Waals surface area contributed by atoms with Crippen molar-refractivity contribution in [2.45, 2.75) is 12.7 Å². The molecule has 0 unspecified atom stereocenters. The van der Waals surface area contributed by atoms with Crippen molar-refractivity contribution in [3.8, 4) is 11.5 Å². The van der Waals surface area contributed by atoms with Crippen LogP contribution in [0.25, 0.3) is 0 Å². The van der Waals surface area contributed by atoms with Crippen LogP contribution in [0.15, 0.2) is 30.5 Å². The number of aromatic nitrogens is 1. The number of hydrogen-bond donors (Lipinski definition) is 0. The minimum Gasteiger partial charge on any atom is -0.486 e. The van der Waals surface area contributed by atoms with E-state index in [0.29, 0.717) is 55.2 Å². The van der Waals surface area contributed by atoms with Crippen molar-refractivity contribution in [2.75, 3.05) is 44.3 Å². The molecule has 0 saturated carbocycles. The van der Waals surface area contributed by atoms with E-state index in [9.17, 15) is 13.2 Å². The van der Waals surface area contributed by atoms with E-state index in [1.165, 1.54) is 6.07 Å². The highest BCUT2D eigenvalue weighted by Crippen LogP contribution is 2.38. The minimum atomic E-state index is -4.37. The predicted octanol–water partition coefficient (Wildman–Crippen LogP) is 3.85. The molecule has 4 rings (SSSR count). The lowest BCUT2D eigenvalue weighted by molar-refractivity contribution is -0.137. The van der Waals surface area contributed by atoms with E-state index in [0.717, 1.165) is 30.9 Å². The van der Waals surface area contributed by atoms with Crippen LogP contribution in [0.1, 0.15) is 11.1 Å². The molecule has 0 spiro atoms. The summed E-state index contributed by atoms with van der Waals surface area (Å²) < 4.78 is 49.2. The smallest absolute Gasteiger partial charge is 0.417 e. The first-order chi connectivity index (χ1) is 13.4. The van der Waals surface area contributed by atoms with Gasteiger partial charge in [0.2, 0.25) is 0 Å². The second-order valence-electron chi connectivity index (χ2n) is 6.77. The van der Waals surface area contributed by atoms with Crippen molar-refractivity contribution in [1.82, 2.24) is 9.88 Å². The summed E-state index contributed by atoms with van der Waals surface area (Å²) in [6.07, 6.45) is -3.48. The molecule has 2 aliphatic heterocycles. The van der Waals surface area contributed by atoms with Gasteiger partial charge in [0.15, 0.2) is 11.5 Å². The maximum atomic E-state index is 12.7. The molecular weight excluding hydrogens is 395 g/mol. The summed E-state index contributed by atoms with van der Waals surface area (Å²) in [5.41, 5.74) is 0.306. The molecule has 0 atom stereocenters. The molecule has 3 heterocycles. The fourth-order valence-electron chi connectivity index (χ4n) is 3.39. The number of ether oxygens (including phenoxy) is 2. The van der Waals surface area contributed by atoms with Gasteiger partial charge in [-0.15, -0.1) is 0 Å². The van der Waals surface area contributed by atoms with Crippen LogP contribution in [0.5, 0.6) is 11.5 Å². The molecule has 9 heteroatoms. The number of fused-ring (bicyclic) bond motifs is 1. The number of pyridine rings is 1. The standard InChI is InChI=1S/C19H19ClF3N3O2/c20-15-9-13(10-16-18(15)28-8-7-27-16)12-25-3-5-26(6-4-25)17-2-1-14(11-24-17)19(21,22)23/h1-2,9-11H,3-8,12H2. The zero-order valence-electron chi connectivity index (χ0n) is 15.0. The maximum Gasteiger partial charge on any atom is 0.417 e. The summed E-state index contributed by atoms with van der Waals surface area (Å²) in [6.45, 7) is 4.64. The Morgan fingerprint density at radius 3 is 2.46 bits per heavy atom. The average molecular weight is 414 g/mol. The first-order valence-electron chi connectivity index (χ1n) is 8.99. The third-order valence-electron chi connectivity index (χ3n) is 4.83. The number of piperazine rings is 1. The first kappa shape index (κ1) is 19.1. The Labute approximate surface area is 165 Å². The van der Waals surface area contributed by atoms with E-state index in [4.69, 9.17) is 21.1 Å². The zero-order chi connectivity index (χ0) is 19.7. The van der Waals surface area contributed by atoms with Gasteiger partial charge < -0.3 is 14.4 Å². The van der Waals surface area contributed by atoms with E-state index in [1.54, 1.807) is 0 Å². The molecular formula is C19H19ClF3N3O2. The molecule has 1 fully saturated rings. The maximum absolute atomic E-state index is 12.7. The number of benzene rings is 1. The monoisotopic (exact) mass is 413 g/mol. The van der Waals surface area contributed by atoms with Crippen molar-refractivity contribution in [3.05, 3.63) is 46.6 Å². The number of nitrogens with zero attached hydrogens (tertiary/aromatic N) is 3. The van der Waals surface area contributed by atoms with Gasteiger partial charge in [-0.1, -0.05) is 11.6 Å². The SMILES string of the molecule is FC(F)(F)c1ccc(N2CCN(Cc3cc(Cl)c4c(c3)OCCO4)CC2)nc1. The van der Waals surface area contributed by atoms with E-state index in [1.807, 2.05) is 17.0 Å². The van der Waals surface area contributed by atoms with E-state index >= 15 is 0 Å². The Balaban J connectivity index is 1.36. The molecule has 0 N–H and O–H groups in total. The van der Waals surface area contributed by atoms with Crippen molar-refractivity contribution in [3.63, 3.8) is 0 Å². The van der Waals surface area contributed by atoms with Crippen molar-refractivity contribution in [1.29, 1.82) is 0 Å². The van der Waals surface area contributed by atoms with Gasteiger partial charge in [0, 0.05) is 38.9 Å². The molecule has 5 nitrogen and oxygen atoms in total. The Hall–Kier alpha value is -2.19. The fraction of sp³-hybridized carbons (Fsp3) is 0.421. The lowest BCUT2D eigenvalue weighted by atomic mass is 10.1. The quantitative estimate of drug-likeness (QED) is 0.764. The highest BCUT2D eigenvalue weighted by Gasteiger charge is 2.31. The van der Waals surface area contributed by atoms with Crippen LogP contribution in [0.2, 0.25) is 5.02 Å². The van der Waals surface area contributed by atoms with Gasteiger partial charge in [0.25, 0.3) is 0 Å². The Kier molecular flexibility index (Phi) is 5.25. The van der Waals surface area contributed by atoms with Crippen LogP contribution >= 0.6 is 11.6 Å². The number of halogens is 4. The van der Waals surface area contributed by atoms with Gasteiger partial charge in [0.05, 0.1) is 10.6 Å². The number of alkyl halides is 3. The molecule has 1 aromatic carbocycles. The van der Waals surface area contributed by atoms with Crippen LogP contribution in [0.3, 0.4) is 0 Å². The average Bonchev–Trinajstić information content (AvgIpc) is 2.68. The highest BCUT2D eigenvalue weighted by molar-refractivity contribution is 6.32. The van der Waals surface area contributed by atoms with Gasteiger partial charge in [-0.05, 0) is 29.8 Å². The summed E-state index contributed by atoms with van der Waals surface area (Å²) in [5, 5.41) is 0.541. The molecule has 2 aromatic rings. The minimum absolute atomic E-state index is 0.492. The predicted molar refractivity (Wildman–Crippen MR) is 99.2 cm³/mol. The van der Waals surface area contributed by atoms with Crippen LogP contribution in [-0.4, -0.2) is 49.3 Å². The summed E-state index contributed by atoms with van der Waals surface area (Å²) in [5.74, 6) is 1.83. The van der Waals surface area contributed by atoms with Crippen LogP contribution in [-0.2, 0) is 12.7 Å².